The van der Waals surface area contributed by atoms with Crippen LogP contribution in [0.2, 0.25) is 0 Å². The first kappa shape index (κ1) is 15.5. The quantitative estimate of drug-likeness (QED) is 0.769. The van der Waals surface area contributed by atoms with E-state index in [9.17, 15) is 10.1 Å². The highest BCUT2D eigenvalue weighted by molar-refractivity contribution is 5.95. The van der Waals surface area contributed by atoms with E-state index in [-0.39, 0.29) is 5.78 Å². The monoisotopic (exact) mass is 287 g/mol. The van der Waals surface area contributed by atoms with Gasteiger partial charge in [-0.05, 0) is 25.1 Å². The number of Topliss-reactive ketones (excluding diaryl/α,β-unsaturated/α-hetero) is 1. The normalized spacial score (nSPS) is 15.8. The summed E-state index contributed by atoms with van der Waals surface area (Å²) in [5, 5.41) is 9.26. The predicted molar refractivity (Wildman–Crippen MR) is 81.7 cm³/mol. The van der Waals surface area contributed by atoms with E-state index < -0.39 is 0 Å². The van der Waals surface area contributed by atoms with Gasteiger partial charge in [0.2, 0.25) is 0 Å². The molecule has 1 aliphatic heterocycles. The highest BCUT2D eigenvalue weighted by Gasteiger charge is 2.19. The second-order valence-electron chi connectivity index (χ2n) is 5.22. The van der Waals surface area contributed by atoms with Crippen LogP contribution in [0.1, 0.15) is 22.8 Å². The van der Waals surface area contributed by atoms with Crippen LogP contribution in [0.25, 0.3) is 0 Å². The first-order valence-electron chi connectivity index (χ1n) is 7.17. The second kappa shape index (κ2) is 7.21. The van der Waals surface area contributed by atoms with E-state index >= 15 is 0 Å². The van der Waals surface area contributed by atoms with Crippen LogP contribution in [0, 0.1) is 11.3 Å². The van der Waals surface area contributed by atoms with Crippen molar-refractivity contribution in [2.75, 3.05) is 51.3 Å². The Morgan fingerprint density at radius 2 is 2.05 bits per heavy atom. The fourth-order valence-corrected chi connectivity index (χ4v) is 2.54. The molecule has 0 atom stereocenters. The summed E-state index contributed by atoms with van der Waals surface area (Å²) < 4.78 is 5.10. The number of carbonyl (C=O) groups is 1. The van der Waals surface area contributed by atoms with Gasteiger partial charge in [0.25, 0.3) is 0 Å². The number of rotatable bonds is 5. The van der Waals surface area contributed by atoms with Gasteiger partial charge in [0.1, 0.15) is 6.07 Å². The highest BCUT2D eigenvalue weighted by atomic mass is 16.5. The van der Waals surface area contributed by atoms with Crippen molar-refractivity contribution in [2.24, 2.45) is 0 Å². The van der Waals surface area contributed by atoms with Crippen molar-refractivity contribution < 1.29 is 9.53 Å². The average molecular weight is 287 g/mol. The number of carbonyl (C=O) groups excluding carboxylic acids is 1. The summed E-state index contributed by atoms with van der Waals surface area (Å²) in [5.74, 6) is 0.0273. The number of ketones is 1. The molecule has 1 fully saturated rings. The van der Waals surface area contributed by atoms with Gasteiger partial charge in [0.15, 0.2) is 5.78 Å². The minimum Gasteiger partial charge on any atom is -0.383 e. The van der Waals surface area contributed by atoms with Crippen LogP contribution in [0.3, 0.4) is 0 Å². The van der Waals surface area contributed by atoms with Crippen LogP contribution in [0.4, 0.5) is 5.69 Å². The van der Waals surface area contributed by atoms with Gasteiger partial charge in [-0.15, -0.1) is 0 Å². The largest absolute Gasteiger partial charge is 0.383 e. The van der Waals surface area contributed by atoms with Gasteiger partial charge in [0.05, 0.1) is 17.9 Å². The maximum absolute atomic E-state index is 11.5. The molecular formula is C16H21N3O2. The van der Waals surface area contributed by atoms with Crippen molar-refractivity contribution in [3.05, 3.63) is 29.3 Å². The molecule has 1 aromatic rings. The molecule has 0 bridgehead atoms. The van der Waals surface area contributed by atoms with E-state index in [0.29, 0.717) is 11.1 Å². The summed E-state index contributed by atoms with van der Waals surface area (Å²) >= 11 is 0. The molecule has 0 radical (unpaired) electrons. The van der Waals surface area contributed by atoms with Gasteiger partial charge < -0.3 is 9.64 Å². The summed E-state index contributed by atoms with van der Waals surface area (Å²) in [6.07, 6.45) is 0. The molecule has 1 aromatic carbocycles. The number of nitrogens with zero attached hydrogens (tertiary/aromatic N) is 3. The summed E-state index contributed by atoms with van der Waals surface area (Å²) in [6.45, 7) is 6.83. The molecule has 0 aromatic heterocycles. The molecule has 0 saturated carbocycles. The number of methoxy groups -OCH3 is 1. The molecule has 0 aliphatic carbocycles. The maximum atomic E-state index is 11.5. The molecule has 21 heavy (non-hydrogen) atoms. The Morgan fingerprint density at radius 1 is 1.33 bits per heavy atom. The van der Waals surface area contributed by atoms with Crippen LogP contribution < -0.4 is 4.90 Å². The number of hydrogen-bond acceptors (Lipinski definition) is 5. The molecule has 5 nitrogen and oxygen atoms in total. The lowest BCUT2D eigenvalue weighted by Crippen LogP contribution is -2.47. The van der Waals surface area contributed by atoms with Crippen molar-refractivity contribution >= 4 is 11.5 Å². The first-order valence-corrected chi connectivity index (χ1v) is 7.17. The number of ether oxygens (including phenoxy) is 1. The van der Waals surface area contributed by atoms with Gasteiger partial charge in [-0.3, -0.25) is 9.69 Å². The van der Waals surface area contributed by atoms with E-state index in [2.05, 4.69) is 15.9 Å². The molecular weight excluding hydrogens is 266 g/mol. The summed E-state index contributed by atoms with van der Waals surface area (Å²) in [4.78, 5) is 16.1. The minimum atomic E-state index is 0.0273. The molecule has 1 heterocycles. The number of piperazine rings is 1. The Bertz CT molecular complexity index is 543. The van der Waals surface area contributed by atoms with Crippen LogP contribution in [0.15, 0.2) is 18.2 Å². The molecule has 112 valence electrons. The molecule has 0 amide bonds. The number of anilines is 1. The van der Waals surface area contributed by atoms with E-state index in [1.54, 1.807) is 26.2 Å². The SMILES string of the molecule is COCCN1CCN(c2cc(C(C)=O)ccc2C#N)CC1. The van der Waals surface area contributed by atoms with E-state index in [1.165, 1.54) is 0 Å². The lowest BCUT2D eigenvalue weighted by Gasteiger charge is -2.36. The van der Waals surface area contributed by atoms with Crippen molar-refractivity contribution in [2.45, 2.75) is 6.92 Å². The van der Waals surface area contributed by atoms with E-state index in [4.69, 9.17) is 4.74 Å². The third-order valence-corrected chi connectivity index (χ3v) is 3.85. The fraction of sp³-hybridized carbons (Fsp3) is 0.500. The van der Waals surface area contributed by atoms with Crippen molar-refractivity contribution in [3.8, 4) is 6.07 Å². The lowest BCUT2D eigenvalue weighted by molar-refractivity contribution is 0.101. The maximum Gasteiger partial charge on any atom is 0.159 e. The third-order valence-electron chi connectivity index (χ3n) is 3.85. The molecule has 2 rings (SSSR count). The number of hydrogen-bond donors (Lipinski definition) is 0. The zero-order valence-corrected chi connectivity index (χ0v) is 12.6. The Balaban J connectivity index is 2.10. The molecule has 0 N–H and O–H groups in total. The Kier molecular flexibility index (Phi) is 5.32. The summed E-state index contributed by atoms with van der Waals surface area (Å²) in [5.41, 5.74) is 2.16. The van der Waals surface area contributed by atoms with Gasteiger partial charge in [-0.1, -0.05) is 0 Å². The van der Waals surface area contributed by atoms with Gasteiger partial charge >= 0.3 is 0 Å². The highest BCUT2D eigenvalue weighted by Crippen LogP contribution is 2.23. The van der Waals surface area contributed by atoms with E-state index in [1.807, 2.05) is 6.07 Å². The van der Waals surface area contributed by atoms with Crippen LogP contribution >= 0.6 is 0 Å². The Morgan fingerprint density at radius 3 is 2.62 bits per heavy atom. The molecule has 0 unspecified atom stereocenters. The topological polar surface area (TPSA) is 56.6 Å². The van der Waals surface area contributed by atoms with Crippen molar-refractivity contribution in [1.29, 1.82) is 5.26 Å². The number of benzene rings is 1. The van der Waals surface area contributed by atoms with Crippen LogP contribution in [0.5, 0.6) is 0 Å². The summed E-state index contributed by atoms with van der Waals surface area (Å²) in [7, 11) is 1.71. The third kappa shape index (κ3) is 3.81. The van der Waals surface area contributed by atoms with Crippen LogP contribution in [-0.2, 0) is 4.74 Å². The Hall–Kier alpha value is -1.90. The van der Waals surface area contributed by atoms with Gasteiger partial charge in [0, 0.05) is 45.4 Å². The van der Waals surface area contributed by atoms with Crippen molar-refractivity contribution in [1.82, 2.24) is 4.90 Å². The molecule has 0 spiro atoms. The Labute approximate surface area is 125 Å². The lowest BCUT2D eigenvalue weighted by atomic mass is 10.1. The average Bonchev–Trinajstić information content (AvgIpc) is 2.52. The molecule has 5 heteroatoms. The molecule has 1 saturated heterocycles. The molecule has 1 aliphatic rings. The summed E-state index contributed by atoms with van der Waals surface area (Å²) in [6, 6.07) is 7.52. The van der Waals surface area contributed by atoms with Crippen molar-refractivity contribution in [3.63, 3.8) is 0 Å². The minimum absolute atomic E-state index is 0.0273. The van der Waals surface area contributed by atoms with Gasteiger partial charge in [-0.25, -0.2) is 0 Å². The van der Waals surface area contributed by atoms with Gasteiger partial charge in [-0.2, -0.15) is 5.26 Å². The fourth-order valence-electron chi connectivity index (χ4n) is 2.54. The predicted octanol–water partition coefficient (Wildman–Crippen LogP) is 1.53. The smallest absolute Gasteiger partial charge is 0.159 e. The number of nitriles is 1. The first-order chi connectivity index (χ1) is 10.2. The second-order valence-corrected chi connectivity index (χ2v) is 5.22. The standard InChI is InChI=1S/C16H21N3O2/c1-13(20)14-3-4-15(12-17)16(11-14)19-7-5-18(6-8-19)9-10-21-2/h3-4,11H,5-10H2,1-2H3. The van der Waals surface area contributed by atoms with Crippen LogP contribution in [-0.4, -0.2) is 57.1 Å². The zero-order chi connectivity index (χ0) is 15.2. The zero-order valence-electron chi connectivity index (χ0n) is 12.6. The van der Waals surface area contributed by atoms with E-state index in [0.717, 1.165) is 45.0 Å².